The van der Waals surface area contributed by atoms with E-state index in [4.69, 9.17) is 4.42 Å². The highest BCUT2D eigenvalue weighted by Gasteiger charge is 2.24. The zero-order chi connectivity index (χ0) is 17.4. The number of nitro groups is 1. The molecule has 0 radical (unpaired) electrons. The molecule has 0 amide bonds. The predicted molar refractivity (Wildman–Crippen MR) is 92.6 cm³/mol. The van der Waals surface area contributed by atoms with E-state index in [1.807, 2.05) is 18.2 Å². The van der Waals surface area contributed by atoms with E-state index in [0.717, 1.165) is 10.9 Å². The Morgan fingerprint density at radius 1 is 1.16 bits per heavy atom. The Kier molecular flexibility index (Phi) is 3.53. The molecule has 1 aromatic heterocycles. The number of nitro benzene ring substituents is 1. The van der Waals surface area contributed by atoms with Crippen LogP contribution in [0.3, 0.4) is 0 Å². The van der Waals surface area contributed by atoms with Gasteiger partial charge in [-0.05, 0) is 17.7 Å². The molecule has 7 heteroatoms. The number of rotatable bonds is 3. The summed E-state index contributed by atoms with van der Waals surface area (Å²) >= 11 is 0. The van der Waals surface area contributed by atoms with Crippen LogP contribution in [0.25, 0.3) is 11.0 Å². The molecule has 1 aliphatic rings. The molecule has 25 heavy (non-hydrogen) atoms. The van der Waals surface area contributed by atoms with Crippen LogP contribution in [-0.4, -0.2) is 10.6 Å². The fraction of sp³-hybridized carbons (Fsp3) is 0.111. The Balaban J connectivity index is 1.61. The van der Waals surface area contributed by atoms with Gasteiger partial charge in [0.15, 0.2) is 0 Å². The maximum absolute atomic E-state index is 12.2. The van der Waals surface area contributed by atoms with Gasteiger partial charge in [-0.1, -0.05) is 30.3 Å². The predicted octanol–water partition coefficient (Wildman–Crippen LogP) is 3.14. The van der Waals surface area contributed by atoms with Gasteiger partial charge in [-0.15, -0.1) is 0 Å². The van der Waals surface area contributed by atoms with Crippen LogP contribution in [0.15, 0.2) is 68.9 Å². The molecule has 0 bridgehead atoms. The smallest absolute Gasteiger partial charge is 0.345 e. The van der Waals surface area contributed by atoms with E-state index in [1.165, 1.54) is 12.1 Å². The summed E-state index contributed by atoms with van der Waals surface area (Å²) in [5, 5.41) is 15.8. The number of fused-ring (bicyclic) bond motifs is 1. The third kappa shape index (κ3) is 2.76. The standard InChI is InChI=1S/C18H13N3O4/c22-18-14(9-12-3-1-2-4-17(12)25-18)16-10-15(19-20-16)11-5-7-13(8-6-11)21(23)24/h1-9,15,19H,10H2. The zero-order valence-corrected chi connectivity index (χ0v) is 13.0. The molecule has 1 atom stereocenters. The lowest BCUT2D eigenvalue weighted by atomic mass is 9.99. The van der Waals surface area contributed by atoms with Gasteiger partial charge in [0.2, 0.25) is 0 Å². The largest absolute Gasteiger partial charge is 0.422 e. The van der Waals surface area contributed by atoms with Gasteiger partial charge in [0.05, 0.1) is 22.2 Å². The van der Waals surface area contributed by atoms with Crippen LogP contribution in [-0.2, 0) is 0 Å². The lowest BCUT2D eigenvalue weighted by molar-refractivity contribution is -0.384. The minimum atomic E-state index is -0.436. The van der Waals surface area contributed by atoms with Crippen LogP contribution in [0.2, 0.25) is 0 Å². The van der Waals surface area contributed by atoms with Gasteiger partial charge in [-0.25, -0.2) is 4.79 Å². The van der Waals surface area contributed by atoms with E-state index < -0.39 is 10.5 Å². The number of nitrogens with one attached hydrogen (secondary N) is 1. The van der Waals surface area contributed by atoms with E-state index in [1.54, 1.807) is 24.3 Å². The van der Waals surface area contributed by atoms with Crippen LogP contribution in [0.5, 0.6) is 0 Å². The van der Waals surface area contributed by atoms with Crippen molar-refractivity contribution >= 4 is 22.4 Å². The molecule has 4 rings (SSSR count). The first kappa shape index (κ1) is 15.1. The van der Waals surface area contributed by atoms with Crippen LogP contribution >= 0.6 is 0 Å². The van der Waals surface area contributed by atoms with E-state index in [2.05, 4.69) is 10.5 Å². The minimum Gasteiger partial charge on any atom is -0.422 e. The first-order valence-electron chi connectivity index (χ1n) is 7.71. The summed E-state index contributed by atoms with van der Waals surface area (Å²) in [6, 6.07) is 15.2. The molecule has 124 valence electrons. The highest BCUT2D eigenvalue weighted by molar-refractivity contribution is 6.03. The SMILES string of the molecule is O=c1oc2ccccc2cc1C1=NNC(c2ccc([N+](=O)[O-])cc2)C1. The second-order valence-corrected chi connectivity index (χ2v) is 5.78. The Labute approximate surface area is 141 Å². The molecule has 1 N–H and O–H groups in total. The highest BCUT2D eigenvalue weighted by atomic mass is 16.6. The summed E-state index contributed by atoms with van der Waals surface area (Å²) in [5.74, 6) is 0. The molecule has 2 aromatic carbocycles. The zero-order valence-electron chi connectivity index (χ0n) is 13.0. The fourth-order valence-electron chi connectivity index (χ4n) is 2.89. The Bertz CT molecular complexity index is 1050. The molecule has 7 nitrogen and oxygen atoms in total. The summed E-state index contributed by atoms with van der Waals surface area (Å²) in [4.78, 5) is 22.5. The van der Waals surface area contributed by atoms with Crippen molar-refractivity contribution in [2.45, 2.75) is 12.5 Å². The Hall–Kier alpha value is -3.48. The monoisotopic (exact) mass is 335 g/mol. The summed E-state index contributed by atoms with van der Waals surface area (Å²) < 4.78 is 5.35. The van der Waals surface area contributed by atoms with E-state index >= 15 is 0 Å². The summed E-state index contributed by atoms with van der Waals surface area (Å²) in [6.07, 6.45) is 0.501. The second kappa shape index (κ2) is 5.86. The van der Waals surface area contributed by atoms with E-state index in [0.29, 0.717) is 23.3 Å². The van der Waals surface area contributed by atoms with Crippen molar-refractivity contribution in [1.82, 2.24) is 5.43 Å². The molecular formula is C18H13N3O4. The van der Waals surface area contributed by atoms with Gasteiger partial charge in [0.25, 0.3) is 5.69 Å². The first-order chi connectivity index (χ1) is 12.1. The van der Waals surface area contributed by atoms with Gasteiger partial charge < -0.3 is 9.84 Å². The molecule has 3 aromatic rings. The molecule has 0 fully saturated rings. The van der Waals surface area contributed by atoms with Gasteiger partial charge in [0.1, 0.15) is 5.58 Å². The average Bonchev–Trinajstić information content (AvgIpc) is 3.11. The van der Waals surface area contributed by atoms with Crippen molar-refractivity contribution in [3.63, 3.8) is 0 Å². The van der Waals surface area contributed by atoms with Crippen molar-refractivity contribution in [2.24, 2.45) is 5.10 Å². The van der Waals surface area contributed by atoms with Crippen molar-refractivity contribution < 1.29 is 9.34 Å². The topological polar surface area (TPSA) is 97.7 Å². The number of nitrogens with zero attached hydrogens (tertiary/aromatic N) is 2. The molecule has 0 aliphatic carbocycles. The first-order valence-corrected chi connectivity index (χ1v) is 7.71. The van der Waals surface area contributed by atoms with Gasteiger partial charge in [-0.2, -0.15) is 5.10 Å². The lowest BCUT2D eigenvalue weighted by Crippen LogP contribution is -2.14. The molecule has 0 saturated heterocycles. The maximum Gasteiger partial charge on any atom is 0.345 e. The highest BCUT2D eigenvalue weighted by Crippen LogP contribution is 2.26. The van der Waals surface area contributed by atoms with Crippen molar-refractivity contribution in [3.05, 3.63) is 86.3 Å². The molecule has 1 aliphatic heterocycles. The van der Waals surface area contributed by atoms with Crippen molar-refractivity contribution in [2.75, 3.05) is 0 Å². The third-order valence-electron chi connectivity index (χ3n) is 4.21. The maximum atomic E-state index is 12.2. The van der Waals surface area contributed by atoms with Crippen molar-refractivity contribution in [3.8, 4) is 0 Å². The molecule has 2 heterocycles. The minimum absolute atomic E-state index is 0.0399. The molecule has 1 unspecified atom stereocenters. The average molecular weight is 335 g/mol. The number of hydrogen-bond acceptors (Lipinski definition) is 6. The number of hydrazone groups is 1. The number of hydrogen-bond donors (Lipinski definition) is 1. The van der Waals surface area contributed by atoms with Crippen LogP contribution in [0, 0.1) is 10.1 Å². The second-order valence-electron chi connectivity index (χ2n) is 5.78. The van der Waals surface area contributed by atoms with Gasteiger partial charge >= 0.3 is 5.63 Å². The summed E-state index contributed by atoms with van der Waals surface area (Å²) in [5.41, 5.74) is 5.04. The third-order valence-corrected chi connectivity index (χ3v) is 4.21. The summed E-state index contributed by atoms with van der Waals surface area (Å²) in [7, 11) is 0. The Morgan fingerprint density at radius 2 is 1.92 bits per heavy atom. The molecule has 0 saturated carbocycles. The fourth-order valence-corrected chi connectivity index (χ4v) is 2.89. The number of benzene rings is 2. The van der Waals surface area contributed by atoms with Crippen LogP contribution < -0.4 is 11.1 Å². The van der Waals surface area contributed by atoms with Crippen LogP contribution in [0.1, 0.15) is 23.6 Å². The van der Waals surface area contributed by atoms with Gasteiger partial charge in [-0.3, -0.25) is 10.1 Å². The molecule has 0 spiro atoms. The molecular weight excluding hydrogens is 322 g/mol. The summed E-state index contributed by atoms with van der Waals surface area (Å²) in [6.45, 7) is 0. The van der Waals surface area contributed by atoms with Crippen LogP contribution in [0.4, 0.5) is 5.69 Å². The lowest BCUT2D eigenvalue weighted by Gasteiger charge is -2.09. The Morgan fingerprint density at radius 3 is 2.68 bits per heavy atom. The normalized spacial score (nSPS) is 16.5. The van der Waals surface area contributed by atoms with Crippen molar-refractivity contribution in [1.29, 1.82) is 0 Å². The van der Waals surface area contributed by atoms with Gasteiger partial charge in [0, 0.05) is 23.9 Å². The van der Waals surface area contributed by atoms with E-state index in [-0.39, 0.29) is 11.7 Å². The van der Waals surface area contributed by atoms with E-state index in [9.17, 15) is 14.9 Å². The quantitative estimate of drug-likeness (QED) is 0.450. The number of non-ortho nitro benzene ring substituents is 1. The number of para-hydroxylation sites is 1.